The van der Waals surface area contributed by atoms with E-state index in [0.29, 0.717) is 23.0 Å². The maximum atomic E-state index is 12.3. The number of hydrogen-bond donors (Lipinski definition) is 2. The van der Waals surface area contributed by atoms with Crippen molar-refractivity contribution in [1.29, 1.82) is 0 Å². The molecule has 162 valence electrons. The lowest BCUT2D eigenvalue weighted by molar-refractivity contribution is -0.116. The molecule has 1 aromatic carbocycles. The number of aromatic nitrogens is 4. The number of rotatable bonds is 8. The molecular formula is C22H27N7O2. The molecule has 0 unspecified atom stereocenters. The first-order valence-electron chi connectivity index (χ1n) is 10.2. The number of hydrogen-bond acceptors (Lipinski definition) is 7. The second-order valence-electron chi connectivity index (χ2n) is 7.08. The molecule has 9 nitrogen and oxygen atoms in total. The van der Waals surface area contributed by atoms with Gasteiger partial charge in [0.25, 0.3) is 5.56 Å². The van der Waals surface area contributed by atoms with Crippen molar-refractivity contribution < 1.29 is 4.79 Å². The summed E-state index contributed by atoms with van der Waals surface area (Å²) >= 11 is 0. The van der Waals surface area contributed by atoms with Crippen LogP contribution in [0.3, 0.4) is 0 Å². The van der Waals surface area contributed by atoms with Gasteiger partial charge in [-0.3, -0.25) is 14.2 Å². The van der Waals surface area contributed by atoms with Gasteiger partial charge in [0.2, 0.25) is 5.91 Å². The second-order valence-corrected chi connectivity index (χ2v) is 7.08. The number of anilines is 4. The summed E-state index contributed by atoms with van der Waals surface area (Å²) in [4.78, 5) is 39.3. The lowest BCUT2D eigenvalue weighted by Gasteiger charge is -2.20. The van der Waals surface area contributed by atoms with Gasteiger partial charge < -0.3 is 15.5 Å². The van der Waals surface area contributed by atoms with Gasteiger partial charge in [-0.15, -0.1) is 0 Å². The Morgan fingerprint density at radius 2 is 1.71 bits per heavy atom. The molecule has 3 rings (SSSR count). The zero-order valence-corrected chi connectivity index (χ0v) is 18.2. The van der Waals surface area contributed by atoms with E-state index in [1.807, 2.05) is 25.1 Å². The van der Waals surface area contributed by atoms with Crippen LogP contribution in [0.4, 0.5) is 23.0 Å². The standard InChI is InChI=1S/C22H27N7O2/c1-5-28(6-2)20-12-19(24-16(4)25-20)26-17-7-9-18(10-8-17)27-21(30)13-29-14-23-15(3)11-22(29)31/h7-12,14H,5-6,13H2,1-4H3,(H,27,30)(H,24,25,26). The van der Waals surface area contributed by atoms with Crippen molar-refractivity contribution in [2.24, 2.45) is 0 Å². The van der Waals surface area contributed by atoms with Crippen molar-refractivity contribution in [1.82, 2.24) is 19.5 Å². The van der Waals surface area contributed by atoms with Gasteiger partial charge in [-0.2, -0.15) is 0 Å². The van der Waals surface area contributed by atoms with Crippen molar-refractivity contribution in [3.63, 3.8) is 0 Å². The fourth-order valence-corrected chi connectivity index (χ4v) is 3.10. The Labute approximate surface area is 181 Å². The largest absolute Gasteiger partial charge is 0.357 e. The smallest absolute Gasteiger partial charge is 0.253 e. The van der Waals surface area contributed by atoms with Crippen LogP contribution in [0, 0.1) is 13.8 Å². The van der Waals surface area contributed by atoms with Crippen molar-refractivity contribution in [2.45, 2.75) is 34.2 Å². The van der Waals surface area contributed by atoms with Gasteiger partial charge in [-0.05, 0) is 52.0 Å². The minimum atomic E-state index is -0.302. The van der Waals surface area contributed by atoms with E-state index in [-0.39, 0.29) is 18.0 Å². The number of aryl methyl sites for hydroxylation is 2. The molecule has 0 atom stereocenters. The van der Waals surface area contributed by atoms with Crippen LogP contribution in [0.5, 0.6) is 0 Å². The molecule has 0 radical (unpaired) electrons. The minimum Gasteiger partial charge on any atom is -0.357 e. The van der Waals surface area contributed by atoms with Crippen LogP contribution in [-0.2, 0) is 11.3 Å². The maximum Gasteiger partial charge on any atom is 0.253 e. The SMILES string of the molecule is CCN(CC)c1cc(Nc2ccc(NC(=O)Cn3cnc(C)cc3=O)cc2)nc(C)n1. The Balaban J connectivity index is 1.65. The summed E-state index contributed by atoms with van der Waals surface area (Å²) in [6.45, 7) is 9.41. The monoisotopic (exact) mass is 421 g/mol. The highest BCUT2D eigenvalue weighted by molar-refractivity contribution is 5.90. The summed E-state index contributed by atoms with van der Waals surface area (Å²) in [6.07, 6.45) is 1.38. The van der Waals surface area contributed by atoms with E-state index in [9.17, 15) is 9.59 Å². The van der Waals surface area contributed by atoms with E-state index in [2.05, 4.69) is 44.3 Å². The Hall–Kier alpha value is -3.75. The molecule has 0 spiro atoms. The number of carbonyl (C=O) groups excluding carboxylic acids is 1. The Morgan fingerprint density at radius 1 is 1.03 bits per heavy atom. The molecule has 0 aliphatic rings. The van der Waals surface area contributed by atoms with Gasteiger partial charge in [0.05, 0.1) is 6.33 Å². The quantitative estimate of drug-likeness (QED) is 0.576. The van der Waals surface area contributed by atoms with Crippen LogP contribution in [0.2, 0.25) is 0 Å². The number of benzene rings is 1. The van der Waals surface area contributed by atoms with Crippen LogP contribution < -0.4 is 21.1 Å². The third-order valence-corrected chi connectivity index (χ3v) is 4.68. The van der Waals surface area contributed by atoms with Crippen LogP contribution in [0.15, 0.2) is 47.5 Å². The molecule has 0 aliphatic heterocycles. The normalized spacial score (nSPS) is 10.6. The van der Waals surface area contributed by atoms with E-state index in [1.165, 1.54) is 17.0 Å². The first-order valence-corrected chi connectivity index (χ1v) is 10.2. The summed E-state index contributed by atoms with van der Waals surface area (Å²) in [5.41, 5.74) is 1.83. The molecule has 2 N–H and O–H groups in total. The fraction of sp³-hybridized carbons (Fsp3) is 0.318. The van der Waals surface area contributed by atoms with Gasteiger partial charge in [0.15, 0.2) is 0 Å². The molecule has 2 heterocycles. The van der Waals surface area contributed by atoms with E-state index in [1.54, 1.807) is 19.1 Å². The summed E-state index contributed by atoms with van der Waals surface area (Å²) in [5.74, 6) is 1.97. The molecular weight excluding hydrogens is 394 g/mol. The number of amides is 1. The Morgan fingerprint density at radius 3 is 2.35 bits per heavy atom. The van der Waals surface area contributed by atoms with Gasteiger partial charge in [0, 0.05) is 42.3 Å². The lowest BCUT2D eigenvalue weighted by atomic mass is 10.2. The van der Waals surface area contributed by atoms with Gasteiger partial charge in [-0.25, -0.2) is 15.0 Å². The molecule has 31 heavy (non-hydrogen) atoms. The summed E-state index contributed by atoms with van der Waals surface area (Å²) in [6, 6.07) is 10.6. The van der Waals surface area contributed by atoms with Gasteiger partial charge in [0.1, 0.15) is 24.0 Å². The van der Waals surface area contributed by atoms with Crippen molar-refractivity contribution >= 4 is 28.9 Å². The van der Waals surface area contributed by atoms with Crippen molar-refractivity contribution in [3.05, 3.63) is 64.6 Å². The summed E-state index contributed by atoms with van der Waals surface area (Å²) in [7, 11) is 0. The molecule has 3 aromatic rings. The molecule has 0 saturated heterocycles. The number of carbonyl (C=O) groups is 1. The van der Waals surface area contributed by atoms with E-state index >= 15 is 0 Å². The van der Waals surface area contributed by atoms with Gasteiger partial charge >= 0.3 is 0 Å². The Kier molecular flexibility index (Phi) is 6.96. The molecule has 2 aromatic heterocycles. The highest BCUT2D eigenvalue weighted by Gasteiger charge is 2.09. The lowest BCUT2D eigenvalue weighted by Crippen LogP contribution is -2.27. The van der Waals surface area contributed by atoms with Crippen molar-refractivity contribution in [3.8, 4) is 0 Å². The molecule has 0 saturated carbocycles. The van der Waals surface area contributed by atoms with Crippen LogP contribution in [-0.4, -0.2) is 38.5 Å². The van der Waals surface area contributed by atoms with Gasteiger partial charge in [-0.1, -0.05) is 0 Å². The maximum absolute atomic E-state index is 12.3. The average molecular weight is 422 g/mol. The molecule has 0 aliphatic carbocycles. The second kappa shape index (κ2) is 9.84. The van der Waals surface area contributed by atoms with Crippen LogP contribution in [0.25, 0.3) is 0 Å². The van der Waals surface area contributed by atoms with E-state index in [0.717, 1.165) is 24.6 Å². The Bertz CT molecular complexity index is 1110. The highest BCUT2D eigenvalue weighted by Crippen LogP contribution is 2.21. The van der Waals surface area contributed by atoms with E-state index < -0.39 is 0 Å². The third kappa shape index (κ3) is 5.88. The minimum absolute atomic E-state index is 0.0968. The molecule has 9 heteroatoms. The predicted octanol–water partition coefficient (Wildman–Crippen LogP) is 2.88. The van der Waals surface area contributed by atoms with Crippen LogP contribution in [0.1, 0.15) is 25.4 Å². The zero-order chi connectivity index (χ0) is 22.4. The fourth-order valence-electron chi connectivity index (χ4n) is 3.10. The molecule has 0 fully saturated rings. The topological polar surface area (TPSA) is 105 Å². The summed E-state index contributed by atoms with van der Waals surface area (Å²) < 4.78 is 1.27. The van der Waals surface area contributed by atoms with E-state index in [4.69, 9.17) is 0 Å². The number of nitrogens with zero attached hydrogens (tertiary/aromatic N) is 5. The third-order valence-electron chi connectivity index (χ3n) is 4.68. The molecule has 0 bridgehead atoms. The summed E-state index contributed by atoms with van der Waals surface area (Å²) in [5, 5.41) is 6.06. The zero-order valence-electron chi connectivity index (χ0n) is 18.2. The van der Waals surface area contributed by atoms with Crippen LogP contribution >= 0.6 is 0 Å². The number of nitrogens with one attached hydrogen (secondary N) is 2. The average Bonchev–Trinajstić information content (AvgIpc) is 2.72. The highest BCUT2D eigenvalue weighted by atomic mass is 16.2. The predicted molar refractivity (Wildman–Crippen MR) is 122 cm³/mol. The first-order chi connectivity index (χ1) is 14.9. The molecule has 1 amide bonds. The van der Waals surface area contributed by atoms with Crippen molar-refractivity contribution in [2.75, 3.05) is 28.6 Å². The first kappa shape index (κ1) is 21.9.